The zero-order valence-electron chi connectivity index (χ0n) is 12.3. The molecule has 1 unspecified atom stereocenters. The van der Waals surface area contributed by atoms with Gasteiger partial charge in [-0.25, -0.2) is 0 Å². The first-order valence-corrected chi connectivity index (χ1v) is 7.19. The van der Waals surface area contributed by atoms with Crippen LogP contribution in [0.3, 0.4) is 0 Å². The first kappa shape index (κ1) is 14.8. The van der Waals surface area contributed by atoms with Gasteiger partial charge in [0.15, 0.2) is 0 Å². The van der Waals surface area contributed by atoms with Crippen molar-refractivity contribution in [1.29, 1.82) is 0 Å². The summed E-state index contributed by atoms with van der Waals surface area (Å²) in [6, 6.07) is 0.334. The van der Waals surface area contributed by atoms with E-state index in [2.05, 4.69) is 25.6 Å². The van der Waals surface area contributed by atoms with E-state index in [1.54, 1.807) is 0 Å². The molecular weight excluding hydrogens is 258 g/mol. The van der Waals surface area contributed by atoms with Crippen molar-refractivity contribution in [2.24, 2.45) is 0 Å². The van der Waals surface area contributed by atoms with Gasteiger partial charge in [-0.3, -0.25) is 0 Å². The molecule has 1 fully saturated rings. The average Bonchev–Trinajstić information content (AvgIpc) is 2.89. The molecule has 0 aliphatic carbocycles. The molecule has 1 aromatic heterocycles. The van der Waals surface area contributed by atoms with E-state index < -0.39 is 0 Å². The Morgan fingerprint density at radius 1 is 1.25 bits per heavy atom. The van der Waals surface area contributed by atoms with Crippen LogP contribution in [0.1, 0.15) is 33.6 Å². The van der Waals surface area contributed by atoms with Gasteiger partial charge in [-0.05, 0) is 33.6 Å². The fourth-order valence-corrected chi connectivity index (χ4v) is 1.95. The predicted octanol–water partition coefficient (Wildman–Crippen LogP) is 1.68. The number of ether oxygens (including phenoxy) is 2. The molecule has 2 rings (SSSR count). The topological polar surface area (TPSA) is 81.2 Å². The minimum atomic E-state index is 0.0258. The lowest BCUT2D eigenvalue weighted by Gasteiger charge is -2.13. The molecule has 2 N–H and O–H groups in total. The lowest BCUT2D eigenvalue weighted by atomic mass is 10.2. The van der Waals surface area contributed by atoms with Crippen molar-refractivity contribution in [2.45, 2.75) is 45.8 Å². The van der Waals surface area contributed by atoms with Gasteiger partial charge in [-0.1, -0.05) is 0 Å². The van der Waals surface area contributed by atoms with Gasteiger partial charge >= 0.3 is 6.01 Å². The first-order valence-electron chi connectivity index (χ1n) is 7.19. The number of nitrogens with zero attached hydrogens (tertiary/aromatic N) is 3. The van der Waals surface area contributed by atoms with Crippen molar-refractivity contribution in [3.05, 3.63) is 0 Å². The monoisotopic (exact) mass is 281 g/mol. The van der Waals surface area contributed by atoms with Crippen LogP contribution < -0.4 is 15.4 Å². The van der Waals surface area contributed by atoms with E-state index in [0.29, 0.717) is 24.5 Å². The molecule has 1 saturated heterocycles. The highest BCUT2D eigenvalue weighted by Gasteiger charge is 2.16. The third-order valence-corrected chi connectivity index (χ3v) is 2.80. The Balaban J connectivity index is 2.02. The molecular formula is C13H23N5O2. The molecule has 112 valence electrons. The number of nitrogens with one attached hydrogen (secondary N) is 2. The summed E-state index contributed by atoms with van der Waals surface area (Å²) in [6.07, 6.45) is 2.46. The lowest BCUT2D eigenvalue weighted by Crippen LogP contribution is -2.21. The Morgan fingerprint density at radius 2 is 2.00 bits per heavy atom. The molecule has 2 heterocycles. The second-order valence-corrected chi connectivity index (χ2v) is 4.98. The fraction of sp³-hybridized carbons (Fsp3) is 0.769. The molecule has 20 heavy (non-hydrogen) atoms. The van der Waals surface area contributed by atoms with Crippen molar-refractivity contribution in [1.82, 2.24) is 15.0 Å². The van der Waals surface area contributed by atoms with Crippen LogP contribution >= 0.6 is 0 Å². The number of hydrogen-bond donors (Lipinski definition) is 2. The summed E-state index contributed by atoms with van der Waals surface area (Å²) in [4.78, 5) is 12.8. The standard InChI is InChI=1S/C13H23N5O2/c1-4-14-11-16-12(15-8-10-6-5-7-19-10)18-13(17-11)20-9(2)3/h9-10H,4-8H2,1-3H3,(H2,14,15,16,17,18). The summed E-state index contributed by atoms with van der Waals surface area (Å²) in [7, 11) is 0. The van der Waals surface area contributed by atoms with E-state index in [-0.39, 0.29) is 12.2 Å². The molecule has 7 nitrogen and oxygen atoms in total. The van der Waals surface area contributed by atoms with E-state index in [4.69, 9.17) is 9.47 Å². The molecule has 0 radical (unpaired) electrons. The maximum Gasteiger partial charge on any atom is 0.323 e. The maximum absolute atomic E-state index is 5.57. The van der Waals surface area contributed by atoms with E-state index in [0.717, 1.165) is 26.0 Å². The summed E-state index contributed by atoms with van der Waals surface area (Å²) < 4.78 is 11.1. The second kappa shape index (κ2) is 7.23. The zero-order chi connectivity index (χ0) is 14.4. The minimum absolute atomic E-state index is 0.0258. The Morgan fingerprint density at radius 3 is 2.60 bits per heavy atom. The molecule has 7 heteroatoms. The van der Waals surface area contributed by atoms with Crippen LogP contribution in [0.15, 0.2) is 0 Å². The Labute approximate surface area is 119 Å². The molecule has 1 aliphatic rings. The first-order chi connectivity index (χ1) is 9.67. The fourth-order valence-electron chi connectivity index (χ4n) is 1.95. The molecule has 1 atom stereocenters. The van der Waals surface area contributed by atoms with Crippen LogP contribution in [-0.2, 0) is 4.74 Å². The van der Waals surface area contributed by atoms with Crippen LogP contribution in [0.5, 0.6) is 6.01 Å². The molecule has 0 spiro atoms. The molecule has 0 saturated carbocycles. The van der Waals surface area contributed by atoms with Gasteiger partial charge in [0.1, 0.15) is 0 Å². The number of hydrogen-bond acceptors (Lipinski definition) is 7. The molecule has 0 aromatic carbocycles. The molecule has 0 bridgehead atoms. The highest BCUT2D eigenvalue weighted by atomic mass is 16.5. The summed E-state index contributed by atoms with van der Waals surface area (Å²) in [5, 5.41) is 6.27. The quantitative estimate of drug-likeness (QED) is 0.787. The molecule has 1 aromatic rings. The summed E-state index contributed by atoms with van der Waals surface area (Å²) in [6.45, 7) is 8.17. The third-order valence-electron chi connectivity index (χ3n) is 2.80. The van der Waals surface area contributed by atoms with Crippen LogP contribution in [0.25, 0.3) is 0 Å². The van der Waals surface area contributed by atoms with Crippen LogP contribution in [-0.4, -0.2) is 46.9 Å². The SMILES string of the molecule is CCNc1nc(NCC2CCCO2)nc(OC(C)C)n1. The van der Waals surface area contributed by atoms with Crippen molar-refractivity contribution >= 4 is 11.9 Å². The van der Waals surface area contributed by atoms with Gasteiger partial charge in [0, 0.05) is 19.7 Å². The highest BCUT2D eigenvalue weighted by Crippen LogP contribution is 2.15. The van der Waals surface area contributed by atoms with Crippen LogP contribution in [0.2, 0.25) is 0 Å². The largest absolute Gasteiger partial charge is 0.461 e. The third kappa shape index (κ3) is 4.48. The number of rotatable bonds is 7. The number of aromatic nitrogens is 3. The minimum Gasteiger partial charge on any atom is -0.461 e. The number of anilines is 2. The van der Waals surface area contributed by atoms with Crippen molar-refractivity contribution < 1.29 is 9.47 Å². The summed E-state index contributed by atoms with van der Waals surface area (Å²) in [5.74, 6) is 1.04. The average molecular weight is 281 g/mol. The van der Waals surface area contributed by atoms with Gasteiger partial charge < -0.3 is 20.1 Å². The lowest BCUT2D eigenvalue weighted by molar-refractivity contribution is 0.120. The van der Waals surface area contributed by atoms with Gasteiger partial charge in [0.2, 0.25) is 11.9 Å². The van der Waals surface area contributed by atoms with Gasteiger partial charge in [0.25, 0.3) is 0 Å². The van der Waals surface area contributed by atoms with E-state index in [1.165, 1.54) is 0 Å². The smallest absolute Gasteiger partial charge is 0.323 e. The predicted molar refractivity (Wildman–Crippen MR) is 77.2 cm³/mol. The molecule has 0 amide bonds. The normalized spacial score (nSPS) is 18.3. The Bertz CT molecular complexity index is 421. The summed E-state index contributed by atoms with van der Waals surface area (Å²) in [5.41, 5.74) is 0. The van der Waals surface area contributed by atoms with E-state index in [1.807, 2.05) is 20.8 Å². The van der Waals surface area contributed by atoms with E-state index in [9.17, 15) is 0 Å². The van der Waals surface area contributed by atoms with Crippen molar-refractivity contribution in [3.63, 3.8) is 0 Å². The maximum atomic E-state index is 5.57. The Hall–Kier alpha value is -1.63. The molecule has 1 aliphatic heterocycles. The van der Waals surface area contributed by atoms with Gasteiger partial charge in [0.05, 0.1) is 12.2 Å². The van der Waals surface area contributed by atoms with Crippen molar-refractivity contribution in [2.75, 3.05) is 30.3 Å². The zero-order valence-corrected chi connectivity index (χ0v) is 12.3. The van der Waals surface area contributed by atoms with Crippen LogP contribution in [0.4, 0.5) is 11.9 Å². The van der Waals surface area contributed by atoms with E-state index >= 15 is 0 Å². The summed E-state index contributed by atoms with van der Waals surface area (Å²) >= 11 is 0. The van der Waals surface area contributed by atoms with Crippen molar-refractivity contribution in [3.8, 4) is 6.01 Å². The Kier molecular flexibility index (Phi) is 5.34. The highest BCUT2D eigenvalue weighted by molar-refractivity contribution is 5.35. The van der Waals surface area contributed by atoms with Crippen LogP contribution in [0, 0.1) is 0 Å². The van der Waals surface area contributed by atoms with Gasteiger partial charge in [-0.2, -0.15) is 15.0 Å². The van der Waals surface area contributed by atoms with Gasteiger partial charge in [-0.15, -0.1) is 0 Å². The second-order valence-electron chi connectivity index (χ2n) is 4.98.